The van der Waals surface area contributed by atoms with E-state index in [-0.39, 0.29) is 16.2 Å². The number of carbonyl (C=O) groups excluding carboxylic acids is 1. The molecular weight excluding hydrogens is 370 g/mol. The number of hydrogen-bond donors (Lipinski definition) is 2. The molecule has 2 rings (SSSR count). The van der Waals surface area contributed by atoms with Crippen molar-refractivity contribution in [3.63, 3.8) is 0 Å². The first kappa shape index (κ1) is 19.6. The van der Waals surface area contributed by atoms with Crippen LogP contribution in [0.5, 0.6) is 5.75 Å². The molecule has 0 fully saturated rings. The Morgan fingerprint density at radius 1 is 1.27 bits per heavy atom. The van der Waals surface area contributed by atoms with Crippen LogP contribution < -0.4 is 15.0 Å². The monoisotopic (exact) mass is 386 g/mol. The van der Waals surface area contributed by atoms with E-state index < -0.39 is 28.1 Å². The summed E-state index contributed by atoms with van der Waals surface area (Å²) in [6.07, 6.45) is 0.550. The van der Waals surface area contributed by atoms with Crippen molar-refractivity contribution in [2.45, 2.75) is 31.8 Å². The minimum absolute atomic E-state index is 0.229. The molecule has 0 saturated heterocycles. The van der Waals surface area contributed by atoms with Gasteiger partial charge in [0, 0.05) is 5.69 Å². The predicted octanol–water partition coefficient (Wildman–Crippen LogP) is 1.97. The van der Waals surface area contributed by atoms with Gasteiger partial charge in [0.05, 0.1) is 4.90 Å². The van der Waals surface area contributed by atoms with Gasteiger partial charge in [-0.3, -0.25) is 9.59 Å². The number of hydrogen-bond acceptors (Lipinski definition) is 5. The molecular formula is C16H16F2N2O5S. The number of ether oxygens (including phenoxy) is 1. The molecule has 0 unspecified atom stereocenters. The van der Waals surface area contributed by atoms with Gasteiger partial charge in [0.1, 0.15) is 11.3 Å². The molecule has 1 heterocycles. The Bertz CT molecular complexity index is 969. The van der Waals surface area contributed by atoms with Crippen LogP contribution in [0, 0.1) is 6.92 Å². The molecule has 0 aliphatic heterocycles. The molecule has 1 aromatic heterocycles. The fourth-order valence-electron chi connectivity index (χ4n) is 2.24. The van der Waals surface area contributed by atoms with Crippen LogP contribution in [-0.4, -0.2) is 25.9 Å². The highest BCUT2D eigenvalue weighted by Gasteiger charge is 2.21. The molecule has 26 heavy (non-hydrogen) atoms. The number of aryl methyl sites for hydroxylation is 2. The summed E-state index contributed by atoms with van der Waals surface area (Å²) in [5.74, 6) is -1.32. The van der Waals surface area contributed by atoms with Crippen LogP contribution in [0.25, 0.3) is 0 Å². The summed E-state index contributed by atoms with van der Waals surface area (Å²) in [5, 5.41) is 0. The van der Waals surface area contributed by atoms with E-state index in [1.807, 2.05) is 6.92 Å². The van der Waals surface area contributed by atoms with Crippen LogP contribution in [0.1, 0.15) is 28.5 Å². The molecule has 0 aliphatic rings. The Hall–Kier alpha value is -2.75. The fourth-order valence-corrected chi connectivity index (χ4v) is 3.21. The van der Waals surface area contributed by atoms with Crippen molar-refractivity contribution in [2.75, 3.05) is 0 Å². The van der Waals surface area contributed by atoms with Crippen LogP contribution in [0.2, 0.25) is 0 Å². The van der Waals surface area contributed by atoms with Crippen LogP contribution >= 0.6 is 0 Å². The van der Waals surface area contributed by atoms with Gasteiger partial charge in [-0.15, -0.1) is 0 Å². The second-order valence-electron chi connectivity index (χ2n) is 5.31. The predicted molar refractivity (Wildman–Crippen MR) is 88.9 cm³/mol. The van der Waals surface area contributed by atoms with Crippen LogP contribution in [-0.2, 0) is 16.4 Å². The lowest BCUT2D eigenvalue weighted by Gasteiger charge is -2.09. The van der Waals surface area contributed by atoms with Gasteiger partial charge in [-0.05, 0) is 49.2 Å². The number of sulfonamides is 1. The van der Waals surface area contributed by atoms with Crippen molar-refractivity contribution >= 4 is 15.9 Å². The van der Waals surface area contributed by atoms with Crippen molar-refractivity contribution in [1.29, 1.82) is 0 Å². The van der Waals surface area contributed by atoms with E-state index in [4.69, 9.17) is 0 Å². The van der Waals surface area contributed by atoms with E-state index in [9.17, 15) is 26.8 Å². The Morgan fingerprint density at radius 3 is 2.42 bits per heavy atom. The van der Waals surface area contributed by atoms with Crippen LogP contribution in [0.4, 0.5) is 8.78 Å². The summed E-state index contributed by atoms with van der Waals surface area (Å²) in [4.78, 5) is 26.3. The Morgan fingerprint density at radius 2 is 1.88 bits per heavy atom. The summed E-state index contributed by atoms with van der Waals surface area (Å²) in [5.41, 5.74) is 0.230. The number of amides is 1. The lowest BCUT2D eigenvalue weighted by atomic mass is 10.1. The molecule has 1 aromatic carbocycles. The number of aromatic nitrogens is 1. The Balaban J connectivity index is 2.25. The number of carbonyl (C=O) groups is 1. The van der Waals surface area contributed by atoms with Crippen molar-refractivity contribution in [2.24, 2.45) is 0 Å². The number of pyridine rings is 1. The molecule has 2 aromatic rings. The van der Waals surface area contributed by atoms with E-state index in [2.05, 4.69) is 9.72 Å². The number of benzene rings is 1. The largest absolute Gasteiger partial charge is 0.435 e. The number of nitrogens with one attached hydrogen (secondary N) is 2. The molecule has 2 N–H and O–H groups in total. The van der Waals surface area contributed by atoms with Crippen LogP contribution in [0.3, 0.4) is 0 Å². The molecule has 0 bridgehead atoms. The third-order valence-corrected chi connectivity index (χ3v) is 4.88. The van der Waals surface area contributed by atoms with Crippen LogP contribution in [0.15, 0.2) is 40.0 Å². The van der Waals surface area contributed by atoms with E-state index >= 15 is 0 Å². The Labute approximate surface area is 148 Å². The van der Waals surface area contributed by atoms with E-state index in [0.717, 1.165) is 24.3 Å². The molecule has 10 heteroatoms. The van der Waals surface area contributed by atoms with Crippen molar-refractivity contribution in [1.82, 2.24) is 9.71 Å². The van der Waals surface area contributed by atoms with E-state index in [1.54, 1.807) is 11.6 Å². The molecule has 0 radical (unpaired) electrons. The highest BCUT2D eigenvalue weighted by Crippen LogP contribution is 2.18. The summed E-state index contributed by atoms with van der Waals surface area (Å²) < 4.78 is 54.6. The van der Waals surface area contributed by atoms with Gasteiger partial charge in [-0.1, -0.05) is 6.92 Å². The zero-order valence-corrected chi connectivity index (χ0v) is 14.7. The van der Waals surface area contributed by atoms with Gasteiger partial charge in [0.25, 0.3) is 21.5 Å². The summed E-state index contributed by atoms with van der Waals surface area (Å²) in [6.45, 7) is 0.462. The third-order valence-electron chi connectivity index (χ3n) is 3.53. The SMILES string of the molecule is CCc1[nH]c(=O)c(C(=O)NS(=O)(=O)c2ccc(OC(F)F)cc2)cc1C. The van der Waals surface area contributed by atoms with E-state index in [0.29, 0.717) is 17.7 Å². The first-order valence-electron chi connectivity index (χ1n) is 7.49. The quantitative estimate of drug-likeness (QED) is 0.790. The standard InChI is InChI=1S/C16H16F2N2O5S/c1-3-13-9(2)8-12(14(21)19-13)15(22)20-26(23,24)11-6-4-10(5-7-11)25-16(17)18/h4-8,16H,3H2,1-2H3,(H,19,21)(H,20,22). The van der Waals surface area contributed by atoms with E-state index in [1.165, 1.54) is 6.07 Å². The molecule has 0 aliphatic carbocycles. The summed E-state index contributed by atoms with van der Waals surface area (Å²) in [6, 6.07) is 5.37. The van der Waals surface area contributed by atoms with Gasteiger partial charge >= 0.3 is 6.61 Å². The molecule has 7 nitrogen and oxygen atoms in total. The highest BCUT2D eigenvalue weighted by atomic mass is 32.2. The maximum atomic E-state index is 12.2. The topological polar surface area (TPSA) is 105 Å². The van der Waals surface area contributed by atoms with Crippen molar-refractivity contribution < 1.29 is 26.7 Å². The summed E-state index contributed by atoms with van der Waals surface area (Å²) >= 11 is 0. The maximum absolute atomic E-state index is 12.2. The minimum atomic E-state index is -4.29. The zero-order chi connectivity index (χ0) is 19.5. The minimum Gasteiger partial charge on any atom is -0.435 e. The average Bonchev–Trinajstić information content (AvgIpc) is 2.56. The van der Waals surface area contributed by atoms with Gasteiger partial charge in [-0.2, -0.15) is 8.78 Å². The number of alkyl halides is 2. The third kappa shape index (κ3) is 4.45. The fraction of sp³-hybridized carbons (Fsp3) is 0.250. The Kier molecular flexibility index (Phi) is 5.76. The number of halogens is 2. The normalized spacial score (nSPS) is 11.4. The molecule has 1 amide bonds. The first-order valence-corrected chi connectivity index (χ1v) is 8.97. The molecule has 0 atom stereocenters. The lowest BCUT2D eigenvalue weighted by Crippen LogP contribution is -2.34. The smallest absolute Gasteiger partial charge is 0.387 e. The van der Waals surface area contributed by atoms with Gasteiger partial charge < -0.3 is 9.72 Å². The van der Waals surface area contributed by atoms with Gasteiger partial charge in [0.15, 0.2) is 0 Å². The molecule has 140 valence electrons. The van der Waals surface area contributed by atoms with Crippen molar-refractivity contribution in [3.8, 4) is 5.75 Å². The second-order valence-corrected chi connectivity index (χ2v) is 6.99. The van der Waals surface area contributed by atoms with Gasteiger partial charge in [0.2, 0.25) is 0 Å². The first-order chi connectivity index (χ1) is 12.1. The van der Waals surface area contributed by atoms with Gasteiger partial charge in [-0.25, -0.2) is 13.1 Å². The number of aromatic amines is 1. The summed E-state index contributed by atoms with van der Waals surface area (Å²) in [7, 11) is -4.29. The highest BCUT2D eigenvalue weighted by molar-refractivity contribution is 7.90. The molecule has 0 spiro atoms. The average molecular weight is 386 g/mol. The van der Waals surface area contributed by atoms with Crippen molar-refractivity contribution in [3.05, 3.63) is 57.5 Å². The zero-order valence-electron chi connectivity index (χ0n) is 13.9. The number of H-pyrrole nitrogens is 1. The number of rotatable bonds is 6. The maximum Gasteiger partial charge on any atom is 0.387 e. The second kappa shape index (κ2) is 7.65. The molecule has 0 saturated carbocycles. The lowest BCUT2D eigenvalue weighted by molar-refractivity contribution is -0.0498.